The van der Waals surface area contributed by atoms with Crippen LogP contribution in [0.2, 0.25) is 0 Å². The van der Waals surface area contributed by atoms with Gasteiger partial charge in [-0.15, -0.1) is 0 Å². The molecular weight excluding hydrogens is 180 g/mol. The van der Waals surface area contributed by atoms with Crippen LogP contribution in [0.15, 0.2) is 18.2 Å². The molecule has 1 aliphatic carbocycles. The third kappa shape index (κ3) is 1.06. The smallest absolute Gasteiger partial charge is 0.340 e. The summed E-state index contributed by atoms with van der Waals surface area (Å²) in [7, 11) is 0. The van der Waals surface area contributed by atoms with E-state index in [0.29, 0.717) is 12.0 Å². The van der Waals surface area contributed by atoms with E-state index in [1.165, 1.54) is 0 Å². The molecule has 0 spiro atoms. The molecule has 1 aromatic carbocycles. The van der Waals surface area contributed by atoms with Crippen molar-refractivity contribution in [2.75, 3.05) is 0 Å². The summed E-state index contributed by atoms with van der Waals surface area (Å²) in [5, 5.41) is 18.9. The van der Waals surface area contributed by atoms with Crippen LogP contribution < -0.4 is 0 Å². The van der Waals surface area contributed by atoms with Gasteiger partial charge in [-0.25, -0.2) is 4.79 Å². The van der Waals surface area contributed by atoms with E-state index in [1.54, 1.807) is 12.1 Å². The Bertz CT molecular complexity index is 398. The Labute approximate surface area is 82.0 Å². The third-order valence-electron chi connectivity index (χ3n) is 2.95. The second-order valence-electron chi connectivity index (χ2n) is 3.77. The first kappa shape index (κ1) is 9.21. The van der Waals surface area contributed by atoms with Crippen molar-refractivity contribution in [3.05, 3.63) is 34.9 Å². The molecule has 14 heavy (non-hydrogen) atoms. The first-order valence-electron chi connectivity index (χ1n) is 4.60. The van der Waals surface area contributed by atoms with Gasteiger partial charge in [0.1, 0.15) is 0 Å². The summed E-state index contributed by atoms with van der Waals surface area (Å²) in [4.78, 5) is 10.9. The van der Waals surface area contributed by atoms with Crippen LogP contribution in [0.5, 0.6) is 0 Å². The van der Waals surface area contributed by atoms with Crippen LogP contribution in [0.4, 0.5) is 0 Å². The fraction of sp³-hybridized carbons (Fsp3) is 0.364. The maximum absolute atomic E-state index is 10.9. The summed E-state index contributed by atoms with van der Waals surface area (Å²) in [6, 6.07) is 5.42. The first-order chi connectivity index (χ1) is 6.55. The van der Waals surface area contributed by atoms with Gasteiger partial charge >= 0.3 is 5.97 Å². The lowest BCUT2D eigenvalue weighted by atomic mass is 9.95. The number of aliphatic hydroxyl groups is 1. The van der Waals surface area contributed by atoms with Gasteiger partial charge in [-0.3, -0.25) is 0 Å². The number of carboxylic acids is 1. The number of benzene rings is 1. The molecule has 0 fully saturated rings. The first-order valence-corrected chi connectivity index (χ1v) is 4.60. The maximum Gasteiger partial charge on any atom is 0.340 e. The van der Waals surface area contributed by atoms with Crippen molar-refractivity contribution < 1.29 is 15.0 Å². The number of hydrogen-bond acceptors (Lipinski definition) is 2. The average Bonchev–Trinajstić information content (AvgIpc) is 2.47. The molecule has 0 aliphatic heterocycles. The molecule has 0 saturated heterocycles. The van der Waals surface area contributed by atoms with E-state index in [-0.39, 0.29) is 6.42 Å². The Morgan fingerprint density at radius 2 is 2.21 bits per heavy atom. The zero-order valence-electron chi connectivity index (χ0n) is 7.95. The highest BCUT2D eigenvalue weighted by atomic mass is 16.4. The van der Waals surface area contributed by atoms with E-state index in [0.717, 1.165) is 11.1 Å². The van der Waals surface area contributed by atoms with Crippen LogP contribution >= 0.6 is 0 Å². The molecule has 2 rings (SSSR count). The molecule has 1 atom stereocenters. The number of aryl methyl sites for hydroxylation is 1. The second kappa shape index (κ2) is 2.82. The van der Waals surface area contributed by atoms with Crippen LogP contribution in [-0.4, -0.2) is 16.2 Å². The van der Waals surface area contributed by atoms with E-state index in [1.807, 2.05) is 13.0 Å². The number of fused-ring (bicyclic) bond motifs is 1. The minimum absolute atomic E-state index is 0.280. The normalized spacial score (nSPS) is 24.7. The molecule has 3 nitrogen and oxygen atoms in total. The Kier molecular flexibility index (Phi) is 1.86. The Morgan fingerprint density at radius 1 is 1.50 bits per heavy atom. The van der Waals surface area contributed by atoms with E-state index in [9.17, 15) is 9.90 Å². The van der Waals surface area contributed by atoms with E-state index >= 15 is 0 Å². The van der Waals surface area contributed by atoms with Gasteiger partial charge in [0.15, 0.2) is 5.60 Å². The molecule has 74 valence electrons. The molecule has 1 aliphatic rings. The van der Waals surface area contributed by atoms with Crippen LogP contribution in [0.25, 0.3) is 0 Å². The van der Waals surface area contributed by atoms with E-state index < -0.39 is 11.6 Å². The highest BCUT2D eigenvalue weighted by Crippen LogP contribution is 2.38. The number of hydrogen-bond donors (Lipinski definition) is 2. The summed E-state index contributed by atoms with van der Waals surface area (Å²) in [5.41, 5.74) is 0.934. The fourth-order valence-corrected chi connectivity index (χ4v) is 2.08. The summed E-state index contributed by atoms with van der Waals surface area (Å²) in [6.07, 6.45) is 0.924. The average molecular weight is 192 g/mol. The van der Waals surface area contributed by atoms with Gasteiger partial charge in [0.2, 0.25) is 0 Å². The fourth-order valence-electron chi connectivity index (χ4n) is 2.08. The minimum Gasteiger partial charge on any atom is -0.479 e. The molecule has 3 heteroatoms. The summed E-state index contributed by atoms with van der Waals surface area (Å²) in [6.45, 7) is 1.94. The van der Waals surface area contributed by atoms with Crippen LogP contribution in [0.3, 0.4) is 0 Å². The lowest BCUT2D eigenvalue weighted by molar-refractivity contribution is -0.159. The van der Waals surface area contributed by atoms with Crippen molar-refractivity contribution in [2.45, 2.75) is 25.4 Å². The maximum atomic E-state index is 10.9. The largest absolute Gasteiger partial charge is 0.479 e. The van der Waals surface area contributed by atoms with Gasteiger partial charge in [0.25, 0.3) is 0 Å². The molecular formula is C11H12O3. The van der Waals surface area contributed by atoms with Crippen molar-refractivity contribution in [1.82, 2.24) is 0 Å². The summed E-state index contributed by atoms with van der Waals surface area (Å²) >= 11 is 0. The molecule has 0 bridgehead atoms. The predicted octanol–water partition coefficient (Wildman–Crippen LogP) is 1.21. The number of rotatable bonds is 1. The Hall–Kier alpha value is -1.35. The van der Waals surface area contributed by atoms with Crippen molar-refractivity contribution in [1.29, 1.82) is 0 Å². The number of carboxylic acid groups (broad SMARTS) is 1. The molecule has 0 radical (unpaired) electrons. The lowest BCUT2D eigenvalue weighted by Crippen LogP contribution is -2.32. The minimum atomic E-state index is -1.67. The van der Waals surface area contributed by atoms with Gasteiger partial charge in [-0.2, -0.15) is 0 Å². The van der Waals surface area contributed by atoms with Gasteiger partial charge in [0.05, 0.1) is 0 Å². The highest BCUT2D eigenvalue weighted by Gasteiger charge is 2.43. The molecule has 0 saturated carbocycles. The molecule has 1 aromatic rings. The molecule has 2 N–H and O–H groups in total. The third-order valence-corrected chi connectivity index (χ3v) is 2.95. The second-order valence-corrected chi connectivity index (χ2v) is 3.77. The molecule has 0 heterocycles. The SMILES string of the molecule is Cc1cccc2c1CCC2(O)C(=O)O. The van der Waals surface area contributed by atoms with Crippen molar-refractivity contribution in [3.8, 4) is 0 Å². The zero-order valence-corrected chi connectivity index (χ0v) is 7.95. The number of carbonyl (C=O) groups is 1. The zero-order chi connectivity index (χ0) is 10.3. The van der Waals surface area contributed by atoms with Gasteiger partial charge in [0, 0.05) is 0 Å². The van der Waals surface area contributed by atoms with Gasteiger partial charge in [-0.1, -0.05) is 18.2 Å². The standard InChI is InChI=1S/C11H12O3/c1-7-3-2-4-9-8(7)5-6-11(9,14)10(12)13/h2-4,14H,5-6H2,1H3,(H,12,13). The lowest BCUT2D eigenvalue weighted by Gasteiger charge is -2.18. The quantitative estimate of drug-likeness (QED) is 0.703. The van der Waals surface area contributed by atoms with Crippen molar-refractivity contribution >= 4 is 5.97 Å². The van der Waals surface area contributed by atoms with Crippen LogP contribution in [-0.2, 0) is 16.8 Å². The van der Waals surface area contributed by atoms with E-state index in [2.05, 4.69) is 0 Å². The Morgan fingerprint density at radius 3 is 2.86 bits per heavy atom. The predicted molar refractivity (Wildman–Crippen MR) is 51.0 cm³/mol. The molecule has 0 aromatic heterocycles. The summed E-state index contributed by atoms with van der Waals surface area (Å²) in [5.74, 6) is -1.15. The Balaban J connectivity index is 2.60. The van der Waals surface area contributed by atoms with Crippen LogP contribution in [0.1, 0.15) is 23.1 Å². The molecule has 0 amide bonds. The van der Waals surface area contributed by atoms with Gasteiger partial charge in [-0.05, 0) is 36.5 Å². The highest BCUT2D eigenvalue weighted by molar-refractivity contribution is 5.81. The van der Waals surface area contributed by atoms with Crippen LogP contribution in [0, 0.1) is 6.92 Å². The number of aliphatic carboxylic acids is 1. The van der Waals surface area contributed by atoms with Gasteiger partial charge < -0.3 is 10.2 Å². The van der Waals surface area contributed by atoms with Crippen molar-refractivity contribution in [2.24, 2.45) is 0 Å². The van der Waals surface area contributed by atoms with E-state index in [4.69, 9.17) is 5.11 Å². The van der Waals surface area contributed by atoms with Crippen molar-refractivity contribution in [3.63, 3.8) is 0 Å². The monoisotopic (exact) mass is 192 g/mol. The molecule has 1 unspecified atom stereocenters. The topological polar surface area (TPSA) is 57.5 Å². The summed E-state index contributed by atoms with van der Waals surface area (Å²) < 4.78 is 0.